The molecule has 0 aliphatic carbocycles. The minimum atomic E-state index is -0.783. The number of hydrogen-bond acceptors (Lipinski definition) is 6. The molecule has 4 heterocycles. The molecule has 2 aliphatic rings. The van der Waals surface area contributed by atoms with Crippen molar-refractivity contribution < 1.29 is 9.59 Å². The van der Waals surface area contributed by atoms with Gasteiger partial charge < -0.3 is 5.32 Å². The van der Waals surface area contributed by atoms with Crippen LogP contribution in [0.3, 0.4) is 0 Å². The van der Waals surface area contributed by atoms with E-state index in [4.69, 9.17) is 0 Å². The summed E-state index contributed by atoms with van der Waals surface area (Å²) in [5, 5.41) is 3.01. The van der Waals surface area contributed by atoms with E-state index in [0.717, 1.165) is 29.9 Å². The fourth-order valence-corrected chi connectivity index (χ4v) is 5.34. The van der Waals surface area contributed by atoms with Crippen molar-refractivity contribution in [2.45, 2.75) is 44.8 Å². The fraction of sp³-hybridized carbons (Fsp3) is 0.391. The number of aromatic nitrogens is 2. The normalized spacial score (nSPS) is 19.9. The van der Waals surface area contributed by atoms with Crippen LogP contribution in [0, 0.1) is 6.92 Å². The highest BCUT2D eigenvalue weighted by molar-refractivity contribution is 7.16. The van der Waals surface area contributed by atoms with Crippen molar-refractivity contribution in [2.75, 3.05) is 13.1 Å². The lowest BCUT2D eigenvalue weighted by atomic mass is 9.86. The monoisotopic (exact) mass is 435 g/mol. The van der Waals surface area contributed by atoms with Gasteiger partial charge in [-0.1, -0.05) is 6.07 Å². The Morgan fingerprint density at radius 3 is 2.74 bits per heavy atom. The number of carbonyl (C=O) groups is 2. The lowest BCUT2D eigenvalue weighted by molar-refractivity contribution is -0.133. The predicted molar refractivity (Wildman–Crippen MR) is 120 cm³/mol. The van der Waals surface area contributed by atoms with E-state index in [1.807, 2.05) is 24.6 Å². The maximum absolute atomic E-state index is 13.2. The zero-order valence-corrected chi connectivity index (χ0v) is 18.5. The van der Waals surface area contributed by atoms with Gasteiger partial charge in [-0.2, -0.15) is 0 Å². The number of nitrogens with zero attached hydrogens (tertiary/aromatic N) is 4. The number of fused-ring (bicyclic) bond motifs is 1. The molecular formula is C23H25N5O2S. The zero-order chi connectivity index (χ0) is 21.6. The molecule has 31 heavy (non-hydrogen) atoms. The SMILES string of the molecule is Cc1cc(CN2C(=O)NC3(CCN([C@H](C)c4ccc5scnc5c4)CC3)C2=O)ccn1. The molecule has 1 aromatic carbocycles. The Hall–Kier alpha value is -2.84. The van der Waals surface area contributed by atoms with Crippen LogP contribution in [0.2, 0.25) is 0 Å². The second-order valence-corrected chi connectivity index (χ2v) is 9.39. The van der Waals surface area contributed by atoms with Crippen molar-refractivity contribution in [2.24, 2.45) is 0 Å². The molecule has 7 nitrogen and oxygen atoms in total. The minimum Gasteiger partial charge on any atom is -0.323 e. The first-order valence-corrected chi connectivity index (χ1v) is 11.5. The number of urea groups is 1. The second-order valence-electron chi connectivity index (χ2n) is 8.50. The smallest absolute Gasteiger partial charge is 0.323 e. The van der Waals surface area contributed by atoms with Crippen molar-refractivity contribution in [1.82, 2.24) is 25.1 Å². The molecule has 0 saturated carbocycles. The molecule has 8 heteroatoms. The lowest BCUT2D eigenvalue weighted by Gasteiger charge is -2.40. The van der Waals surface area contributed by atoms with Crippen LogP contribution in [0.15, 0.2) is 42.0 Å². The van der Waals surface area contributed by atoms with E-state index >= 15 is 0 Å². The number of benzene rings is 1. The van der Waals surface area contributed by atoms with Gasteiger partial charge in [-0.25, -0.2) is 9.78 Å². The number of pyridine rings is 1. The molecule has 2 aliphatic heterocycles. The van der Waals surface area contributed by atoms with E-state index in [2.05, 4.69) is 45.3 Å². The van der Waals surface area contributed by atoms with E-state index in [9.17, 15) is 9.59 Å². The molecule has 2 saturated heterocycles. The third-order valence-corrected chi connectivity index (χ3v) is 7.39. The van der Waals surface area contributed by atoms with E-state index in [1.54, 1.807) is 17.5 Å². The van der Waals surface area contributed by atoms with E-state index in [-0.39, 0.29) is 24.5 Å². The summed E-state index contributed by atoms with van der Waals surface area (Å²) in [6, 6.07) is 10.1. The summed E-state index contributed by atoms with van der Waals surface area (Å²) in [6.07, 6.45) is 2.95. The standard InChI is InChI=1S/C23H25N5O2S/c1-15-11-17(5-8-24-15)13-28-21(29)23(26-22(28)30)6-9-27(10-7-23)16(2)18-3-4-20-19(12-18)25-14-31-20/h3-5,8,11-12,14,16H,6-7,9-10,13H2,1-2H3,(H,26,30)/t16-/m1/s1. The number of thiazole rings is 1. The molecule has 2 aromatic heterocycles. The summed E-state index contributed by atoms with van der Waals surface area (Å²) in [5.41, 5.74) is 5.13. The summed E-state index contributed by atoms with van der Waals surface area (Å²) in [7, 11) is 0. The van der Waals surface area contributed by atoms with Crippen molar-refractivity contribution in [3.05, 3.63) is 58.9 Å². The van der Waals surface area contributed by atoms with E-state index < -0.39 is 5.54 Å². The molecule has 3 amide bonds. The summed E-state index contributed by atoms with van der Waals surface area (Å²) >= 11 is 1.65. The average molecular weight is 436 g/mol. The van der Waals surface area contributed by atoms with Gasteiger partial charge in [0.15, 0.2) is 0 Å². The Labute approximate surface area is 185 Å². The molecule has 0 bridgehead atoms. The number of aryl methyl sites for hydroxylation is 1. The zero-order valence-electron chi connectivity index (χ0n) is 17.7. The molecule has 160 valence electrons. The van der Waals surface area contributed by atoms with Gasteiger partial charge in [0, 0.05) is 31.0 Å². The molecule has 0 radical (unpaired) electrons. The van der Waals surface area contributed by atoms with Crippen LogP contribution in [-0.4, -0.2) is 50.3 Å². The molecule has 2 fully saturated rings. The highest BCUT2D eigenvalue weighted by Gasteiger charge is 2.52. The van der Waals surface area contributed by atoms with Crippen LogP contribution in [-0.2, 0) is 11.3 Å². The number of carbonyl (C=O) groups excluding carboxylic acids is 2. The number of likely N-dealkylation sites (tertiary alicyclic amines) is 1. The fourth-order valence-electron chi connectivity index (χ4n) is 4.68. The van der Waals surface area contributed by atoms with E-state index in [0.29, 0.717) is 12.8 Å². The third-order valence-electron chi connectivity index (χ3n) is 6.58. The van der Waals surface area contributed by atoms with E-state index in [1.165, 1.54) is 15.2 Å². The van der Waals surface area contributed by atoms with Gasteiger partial charge in [-0.3, -0.25) is 19.6 Å². The van der Waals surface area contributed by atoms with Crippen LogP contribution in [0.1, 0.15) is 42.6 Å². The van der Waals surface area contributed by atoms with Gasteiger partial charge in [-0.05, 0) is 62.1 Å². The highest BCUT2D eigenvalue weighted by atomic mass is 32.1. The summed E-state index contributed by atoms with van der Waals surface area (Å²) in [6.45, 7) is 5.89. The van der Waals surface area contributed by atoms with Crippen molar-refractivity contribution in [3.63, 3.8) is 0 Å². The molecule has 3 aromatic rings. The maximum atomic E-state index is 13.2. The Morgan fingerprint density at radius 1 is 1.16 bits per heavy atom. The summed E-state index contributed by atoms with van der Waals surface area (Å²) in [5.74, 6) is -0.108. The average Bonchev–Trinajstić information content (AvgIpc) is 3.32. The van der Waals surface area contributed by atoms with Crippen LogP contribution >= 0.6 is 11.3 Å². The molecule has 5 rings (SSSR count). The first-order valence-electron chi connectivity index (χ1n) is 10.6. The van der Waals surface area contributed by atoms with Gasteiger partial charge in [0.2, 0.25) is 0 Å². The molecule has 0 unspecified atom stereocenters. The quantitative estimate of drug-likeness (QED) is 0.633. The van der Waals surface area contributed by atoms with Gasteiger partial charge in [0.05, 0.1) is 22.3 Å². The van der Waals surface area contributed by atoms with Gasteiger partial charge >= 0.3 is 6.03 Å². The molecule has 1 N–H and O–H groups in total. The summed E-state index contributed by atoms with van der Waals surface area (Å²) in [4.78, 5) is 38.2. The van der Waals surface area contributed by atoms with Crippen molar-refractivity contribution in [3.8, 4) is 0 Å². The van der Waals surface area contributed by atoms with Crippen molar-refractivity contribution >= 4 is 33.5 Å². The number of piperidine rings is 1. The lowest BCUT2D eigenvalue weighted by Crippen LogP contribution is -2.55. The third kappa shape index (κ3) is 3.59. The van der Waals surface area contributed by atoms with Gasteiger partial charge in [0.25, 0.3) is 5.91 Å². The number of amides is 3. The summed E-state index contributed by atoms with van der Waals surface area (Å²) < 4.78 is 1.19. The van der Waals surface area contributed by atoms with Crippen LogP contribution in [0.5, 0.6) is 0 Å². The molecule has 1 spiro atoms. The Bertz CT molecular complexity index is 1150. The number of rotatable bonds is 4. The highest BCUT2D eigenvalue weighted by Crippen LogP contribution is 2.34. The first kappa shape index (κ1) is 20.1. The van der Waals surface area contributed by atoms with Crippen LogP contribution in [0.25, 0.3) is 10.2 Å². The molecule has 1 atom stereocenters. The number of hydrogen-bond donors (Lipinski definition) is 1. The number of imide groups is 1. The second kappa shape index (κ2) is 7.69. The predicted octanol–water partition coefficient (Wildman–Crippen LogP) is 3.65. The maximum Gasteiger partial charge on any atom is 0.325 e. The van der Waals surface area contributed by atoms with Crippen LogP contribution < -0.4 is 5.32 Å². The Morgan fingerprint density at radius 2 is 1.97 bits per heavy atom. The minimum absolute atomic E-state index is 0.108. The Kier molecular flexibility index (Phi) is 4.98. The first-order chi connectivity index (χ1) is 14.9. The van der Waals surface area contributed by atoms with Crippen molar-refractivity contribution in [1.29, 1.82) is 0 Å². The Balaban J connectivity index is 1.27. The number of nitrogens with one attached hydrogen (secondary N) is 1. The topological polar surface area (TPSA) is 78.4 Å². The van der Waals surface area contributed by atoms with Gasteiger partial charge in [0.1, 0.15) is 5.54 Å². The largest absolute Gasteiger partial charge is 0.325 e. The molecular weight excluding hydrogens is 410 g/mol. The van der Waals surface area contributed by atoms with Gasteiger partial charge in [-0.15, -0.1) is 11.3 Å². The van der Waals surface area contributed by atoms with Crippen LogP contribution in [0.4, 0.5) is 4.79 Å².